The first kappa shape index (κ1) is 12.7. The van der Waals surface area contributed by atoms with E-state index in [4.69, 9.17) is 0 Å². The summed E-state index contributed by atoms with van der Waals surface area (Å²) in [6, 6.07) is 17.6. The quantitative estimate of drug-likeness (QED) is 0.773. The van der Waals surface area contributed by atoms with Crippen LogP contribution in [0.15, 0.2) is 53.0 Å². The average Bonchev–Trinajstić information content (AvgIpc) is 2.89. The summed E-state index contributed by atoms with van der Waals surface area (Å²) < 4.78 is 1.16. The highest BCUT2D eigenvalue weighted by Crippen LogP contribution is 2.31. The van der Waals surface area contributed by atoms with Crippen LogP contribution in [0.4, 0.5) is 5.69 Å². The largest absolute Gasteiger partial charge is 0.371 e. The maximum Gasteiger partial charge on any atom is 0.0369 e. The average molecular weight is 316 g/mol. The molecule has 1 atom stereocenters. The zero-order valence-corrected chi connectivity index (χ0v) is 12.7. The predicted molar refractivity (Wildman–Crippen MR) is 84.9 cm³/mol. The van der Waals surface area contributed by atoms with Crippen LogP contribution in [-0.2, 0) is 0 Å². The minimum Gasteiger partial charge on any atom is -0.371 e. The van der Waals surface area contributed by atoms with E-state index in [1.54, 1.807) is 0 Å². The van der Waals surface area contributed by atoms with E-state index in [0.717, 1.165) is 17.6 Å². The first-order valence-electron chi connectivity index (χ1n) is 6.79. The number of anilines is 1. The second kappa shape index (κ2) is 5.38. The third kappa shape index (κ3) is 2.84. The number of aryl methyl sites for hydroxylation is 1. The maximum absolute atomic E-state index is 3.50. The molecule has 19 heavy (non-hydrogen) atoms. The van der Waals surface area contributed by atoms with Gasteiger partial charge in [-0.3, -0.25) is 0 Å². The van der Waals surface area contributed by atoms with Crippen LogP contribution in [0, 0.1) is 6.92 Å². The molecule has 1 fully saturated rings. The summed E-state index contributed by atoms with van der Waals surface area (Å²) in [7, 11) is 0. The molecule has 2 aromatic carbocycles. The molecule has 0 spiro atoms. The molecule has 1 saturated heterocycles. The fourth-order valence-corrected chi connectivity index (χ4v) is 3.09. The fraction of sp³-hybridized carbons (Fsp3) is 0.294. The van der Waals surface area contributed by atoms with Gasteiger partial charge in [0.2, 0.25) is 0 Å². The normalized spacial score (nSPS) is 18.8. The predicted octanol–water partition coefficient (Wildman–Crippen LogP) is 4.75. The number of nitrogens with zero attached hydrogens (tertiary/aromatic N) is 1. The lowest BCUT2D eigenvalue weighted by molar-refractivity contribution is 0.775. The van der Waals surface area contributed by atoms with Gasteiger partial charge < -0.3 is 4.90 Å². The number of hydrogen-bond acceptors (Lipinski definition) is 1. The fourth-order valence-electron chi connectivity index (χ4n) is 2.83. The topological polar surface area (TPSA) is 3.24 Å². The Kier molecular flexibility index (Phi) is 3.61. The third-order valence-electron chi connectivity index (χ3n) is 3.90. The molecule has 98 valence electrons. The molecule has 2 heteroatoms. The van der Waals surface area contributed by atoms with Gasteiger partial charge in [0.15, 0.2) is 0 Å². The van der Waals surface area contributed by atoms with Crippen molar-refractivity contribution in [3.63, 3.8) is 0 Å². The SMILES string of the molecule is Cc1cccc(N2CCC(c3ccc(Br)cc3)C2)c1. The molecule has 2 aromatic rings. The van der Waals surface area contributed by atoms with Crippen LogP contribution < -0.4 is 4.90 Å². The molecule has 3 rings (SSSR count). The van der Waals surface area contributed by atoms with Crippen LogP contribution in [0.1, 0.15) is 23.5 Å². The molecule has 1 nitrogen and oxygen atoms in total. The summed E-state index contributed by atoms with van der Waals surface area (Å²) in [6.07, 6.45) is 1.25. The minimum absolute atomic E-state index is 0.661. The van der Waals surface area contributed by atoms with E-state index in [9.17, 15) is 0 Å². The van der Waals surface area contributed by atoms with E-state index in [-0.39, 0.29) is 0 Å². The van der Waals surface area contributed by atoms with Crippen LogP contribution in [0.2, 0.25) is 0 Å². The van der Waals surface area contributed by atoms with Crippen molar-refractivity contribution in [2.24, 2.45) is 0 Å². The Labute approximate surface area is 123 Å². The zero-order valence-electron chi connectivity index (χ0n) is 11.1. The number of hydrogen-bond donors (Lipinski definition) is 0. The van der Waals surface area contributed by atoms with Crippen LogP contribution >= 0.6 is 15.9 Å². The number of benzene rings is 2. The molecule has 1 aliphatic rings. The Morgan fingerprint density at radius 1 is 1.11 bits per heavy atom. The van der Waals surface area contributed by atoms with Gasteiger partial charge in [-0.1, -0.05) is 40.2 Å². The van der Waals surface area contributed by atoms with Gasteiger partial charge in [0.1, 0.15) is 0 Å². The highest BCUT2D eigenvalue weighted by Gasteiger charge is 2.23. The molecular formula is C17H18BrN. The van der Waals surface area contributed by atoms with Gasteiger partial charge >= 0.3 is 0 Å². The summed E-state index contributed by atoms with van der Waals surface area (Å²) >= 11 is 3.50. The van der Waals surface area contributed by atoms with Gasteiger partial charge in [-0.05, 0) is 48.7 Å². The van der Waals surface area contributed by atoms with Crippen molar-refractivity contribution in [1.82, 2.24) is 0 Å². The van der Waals surface area contributed by atoms with Crippen molar-refractivity contribution in [1.29, 1.82) is 0 Å². The van der Waals surface area contributed by atoms with Crippen molar-refractivity contribution in [2.75, 3.05) is 18.0 Å². The van der Waals surface area contributed by atoms with E-state index >= 15 is 0 Å². The monoisotopic (exact) mass is 315 g/mol. The molecule has 0 aromatic heterocycles. The molecule has 1 aliphatic heterocycles. The summed E-state index contributed by atoms with van der Waals surface area (Å²) in [4.78, 5) is 2.50. The lowest BCUT2D eigenvalue weighted by Gasteiger charge is -2.19. The summed E-state index contributed by atoms with van der Waals surface area (Å²) in [5.74, 6) is 0.661. The van der Waals surface area contributed by atoms with E-state index in [2.05, 4.69) is 76.3 Å². The molecule has 0 aliphatic carbocycles. The van der Waals surface area contributed by atoms with Crippen molar-refractivity contribution >= 4 is 21.6 Å². The lowest BCUT2D eigenvalue weighted by atomic mass is 9.99. The maximum atomic E-state index is 3.50. The second-order valence-corrected chi connectivity index (χ2v) is 6.24. The van der Waals surface area contributed by atoms with Gasteiger partial charge in [-0.25, -0.2) is 0 Å². The summed E-state index contributed by atoms with van der Waals surface area (Å²) in [5.41, 5.74) is 4.16. The highest BCUT2D eigenvalue weighted by molar-refractivity contribution is 9.10. The van der Waals surface area contributed by atoms with Gasteiger partial charge in [-0.15, -0.1) is 0 Å². The molecular weight excluding hydrogens is 298 g/mol. The van der Waals surface area contributed by atoms with E-state index in [1.807, 2.05) is 0 Å². The lowest BCUT2D eigenvalue weighted by Crippen LogP contribution is -2.19. The van der Waals surface area contributed by atoms with Crippen molar-refractivity contribution in [2.45, 2.75) is 19.3 Å². The van der Waals surface area contributed by atoms with Gasteiger partial charge in [0.05, 0.1) is 0 Å². The van der Waals surface area contributed by atoms with Crippen LogP contribution in [0.5, 0.6) is 0 Å². The van der Waals surface area contributed by atoms with Gasteiger partial charge in [-0.2, -0.15) is 0 Å². The van der Waals surface area contributed by atoms with Gasteiger partial charge in [0.25, 0.3) is 0 Å². The standard InChI is InChI=1S/C17H18BrN/c1-13-3-2-4-17(11-13)19-10-9-15(12-19)14-5-7-16(18)8-6-14/h2-8,11,15H,9-10,12H2,1H3. The Morgan fingerprint density at radius 3 is 2.63 bits per heavy atom. The van der Waals surface area contributed by atoms with E-state index in [0.29, 0.717) is 5.92 Å². The van der Waals surface area contributed by atoms with E-state index in [1.165, 1.54) is 23.2 Å². The highest BCUT2D eigenvalue weighted by atomic mass is 79.9. The molecule has 1 heterocycles. The Hall–Kier alpha value is -1.28. The van der Waals surface area contributed by atoms with Crippen molar-refractivity contribution in [3.8, 4) is 0 Å². The third-order valence-corrected chi connectivity index (χ3v) is 4.43. The molecule has 0 radical (unpaired) electrons. The van der Waals surface area contributed by atoms with Crippen LogP contribution in [-0.4, -0.2) is 13.1 Å². The zero-order chi connectivity index (χ0) is 13.2. The minimum atomic E-state index is 0.661. The molecule has 0 bridgehead atoms. The molecule has 1 unspecified atom stereocenters. The number of halogens is 1. The van der Waals surface area contributed by atoms with E-state index < -0.39 is 0 Å². The number of rotatable bonds is 2. The second-order valence-electron chi connectivity index (χ2n) is 5.32. The Bertz CT molecular complexity index is 562. The Morgan fingerprint density at radius 2 is 1.89 bits per heavy atom. The first-order valence-corrected chi connectivity index (χ1v) is 7.59. The van der Waals surface area contributed by atoms with Gasteiger partial charge in [0, 0.05) is 29.2 Å². The van der Waals surface area contributed by atoms with Crippen LogP contribution in [0.25, 0.3) is 0 Å². The molecule has 0 amide bonds. The first-order chi connectivity index (χ1) is 9.22. The summed E-state index contributed by atoms with van der Waals surface area (Å²) in [5, 5.41) is 0. The summed E-state index contributed by atoms with van der Waals surface area (Å²) in [6.45, 7) is 4.45. The smallest absolute Gasteiger partial charge is 0.0369 e. The molecule has 0 N–H and O–H groups in total. The van der Waals surface area contributed by atoms with Crippen molar-refractivity contribution < 1.29 is 0 Å². The van der Waals surface area contributed by atoms with Crippen LogP contribution in [0.3, 0.4) is 0 Å². The van der Waals surface area contributed by atoms with Crippen molar-refractivity contribution in [3.05, 3.63) is 64.1 Å². The Balaban J connectivity index is 1.75. The molecule has 0 saturated carbocycles.